The standard InChI is InChI=1S/C16H26N2O2S/c1-13(2)9-17-16(19)12-18(10-14-5-3-7-20-14)11-15-6-4-8-21-15/h4,6,8,13-14H,3,5,7,9-12H2,1-2H3,(H,17,19). The Kier molecular flexibility index (Phi) is 6.67. The van der Waals surface area contributed by atoms with Crippen LogP contribution in [0.5, 0.6) is 0 Å². The third kappa shape index (κ3) is 6.16. The van der Waals surface area contributed by atoms with Crippen LogP contribution < -0.4 is 5.32 Å². The Morgan fingerprint density at radius 3 is 3.05 bits per heavy atom. The molecular weight excluding hydrogens is 284 g/mol. The predicted molar refractivity (Wildman–Crippen MR) is 86.4 cm³/mol. The lowest BCUT2D eigenvalue weighted by molar-refractivity contribution is -0.122. The minimum Gasteiger partial charge on any atom is -0.377 e. The SMILES string of the molecule is CC(C)CNC(=O)CN(Cc1cccs1)CC1CCCO1. The number of carbonyl (C=O) groups is 1. The summed E-state index contributed by atoms with van der Waals surface area (Å²) in [5.41, 5.74) is 0. The molecule has 1 atom stereocenters. The quantitative estimate of drug-likeness (QED) is 0.802. The Morgan fingerprint density at radius 2 is 2.43 bits per heavy atom. The minimum absolute atomic E-state index is 0.109. The second kappa shape index (κ2) is 8.51. The molecule has 4 nitrogen and oxygen atoms in total. The zero-order valence-corrected chi connectivity index (χ0v) is 13.8. The van der Waals surface area contributed by atoms with E-state index in [-0.39, 0.29) is 12.0 Å². The summed E-state index contributed by atoms with van der Waals surface area (Å²) in [4.78, 5) is 15.6. The van der Waals surface area contributed by atoms with Crippen LogP contribution in [0.1, 0.15) is 31.6 Å². The largest absolute Gasteiger partial charge is 0.377 e. The second-order valence-corrected chi connectivity index (χ2v) is 7.11. The van der Waals surface area contributed by atoms with Gasteiger partial charge in [0.2, 0.25) is 5.91 Å². The van der Waals surface area contributed by atoms with Gasteiger partial charge in [0.05, 0.1) is 12.6 Å². The highest BCUT2D eigenvalue weighted by Crippen LogP contribution is 2.16. The average molecular weight is 310 g/mol. The molecule has 0 aromatic carbocycles. The van der Waals surface area contributed by atoms with E-state index in [1.165, 1.54) is 4.88 Å². The van der Waals surface area contributed by atoms with Crippen molar-refractivity contribution in [3.8, 4) is 0 Å². The zero-order chi connectivity index (χ0) is 15.1. The summed E-state index contributed by atoms with van der Waals surface area (Å²) >= 11 is 1.74. The molecule has 1 unspecified atom stereocenters. The molecule has 1 saturated heterocycles. The number of ether oxygens (including phenoxy) is 1. The number of amides is 1. The van der Waals surface area contributed by atoms with Crippen molar-refractivity contribution < 1.29 is 9.53 Å². The number of hydrogen-bond donors (Lipinski definition) is 1. The van der Waals surface area contributed by atoms with Crippen LogP contribution in [0.15, 0.2) is 17.5 Å². The summed E-state index contributed by atoms with van der Waals surface area (Å²) in [6.45, 7) is 7.93. The van der Waals surface area contributed by atoms with Crippen molar-refractivity contribution in [2.24, 2.45) is 5.92 Å². The summed E-state index contributed by atoms with van der Waals surface area (Å²) in [5, 5.41) is 5.08. The van der Waals surface area contributed by atoms with Crippen LogP contribution in [-0.4, -0.2) is 43.2 Å². The molecule has 1 fully saturated rings. The zero-order valence-electron chi connectivity index (χ0n) is 13.0. The normalized spacial score (nSPS) is 18.6. The number of nitrogens with zero attached hydrogens (tertiary/aromatic N) is 1. The smallest absolute Gasteiger partial charge is 0.234 e. The molecule has 1 aliphatic heterocycles. The molecule has 21 heavy (non-hydrogen) atoms. The molecule has 1 amide bonds. The van der Waals surface area contributed by atoms with E-state index in [0.29, 0.717) is 12.5 Å². The molecule has 0 aliphatic carbocycles. The first-order valence-electron chi connectivity index (χ1n) is 7.76. The van der Waals surface area contributed by atoms with Gasteiger partial charge in [-0.2, -0.15) is 0 Å². The highest BCUT2D eigenvalue weighted by Gasteiger charge is 2.21. The van der Waals surface area contributed by atoms with Crippen molar-refractivity contribution in [1.29, 1.82) is 0 Å². The highest BCUT2D eigenvalue weighted by molar-refractivity contribution is 7.09. The molecule has 0 spiro atoms. The third-order valence-corrected chi connectivity index (χ3v) is 4.38. The van der Waals surface area contributed by atoms with E-state index in [1.54, 1.807) is 11.3 Å². The number of nitrogens with one attached hydrogen (secondary N) is 1. The number of hydrogen-bond acceptors (Lipinski definition) is 4. The summed E-state index contributed by atoms with van der Waals surface area (Å²) in [6, 6.07) is 4.18. The van der Waals surface area contributed by atoms with E-state index in [0.717, 1.165) is 39.1 Å². The van der Waals surface area contributed by atoms with E-state index in [9.17, 15) is 4.79 Å². The van der Waals surface area contributed by atoms with E-state index in [4.69, 9.17) is 4.74 Å². The number of rotatable bonds is 8. The Balaban J connectivity index is 1.85. The minimum atomic E-state index is 0.109. The second-order valence-electron chi connectivity index (χ2n) is 6.08. The van der Waals surface area contributed by atoms with Gasteiger partial charge in [0, 0.05) is 31.1 Å². The first-order chi connectivity index (χ1) is 10.1. The third-order valence-electron chi connectivity index (χ3n) is 3.52. The van der Waals surface area contributed by atoms with Gasteiger partial charge in [0.25, 0.3) is 0 Å². The summed E-state index contributed by atoms with van der Waals surface area (Å²) in [5.74, 6) is 0.594. The van der Waals surface area contributed by atoms with Gasteiger partial charge in [-0.25, -0.2) is 0 Å². The molecule has 0 bridgehead atoms. The van der Waals surface area contributed by atoms with Crippen molar-refractivity contribution in [3.05, 3.63) is 22.4 Å². The molecule has 1 aliphatic rings. The van der Waals surface area contributed by atoms with Crippen LogP contribution >= 0.6 is 11.3 Å². The maximum absolute atomic E-state index is 12.1. The van der Waals surface area contributed by atoms with Crippen LogP contribution in [0.4, 0.5) is 0 Å². The molecule has 0 saturated carbocycles. The van der Waals surface area contributed by atoms with Gasteiger partial charge in [0.15, 0.2) is 0 Å². The van der Waals surface area contributed by atoms with Crippen molar-refractivity contribution in [2.45, 2.75) is 39.3 Å². The van der Waals surface area contributed by atoms with Crippen molar-refractivity contribution in [2.75, 3.05) is 26.2 Å². The fraction of sp³-hybridized carbons (Fsp3) is 0.688. The maximum atomic E-state index is 12.1. The maximum Gasteiger partial charge on any atom is 0.234 e. The van der Waals surface area contributed by atoms with Crippen molar-refractivity contribution in [1.82, 2.24) is 10.2 Å². The highest BCUT2D eigenvalue weighted by atomic mass is 32.1. The first kappa shape index (κ1) is 16.5. The van der Waals surface area contributed by atoms with Crippen LogP contribution in [0, 0.1) is 5.92 Å². The van der Waals surface area contributed by atoms with Gasteiger partial charge in [0.1, 0.15) is 0 Å². The molecule has 0 radical (unpaired) electrons. The summed E-state index contributed by atoms with van der Waals surface area (Å²) in [7, 11) is 0. The van der Waals surface area contributed by atoms with Crippen molar-refractivity contribution in [3.63, 3.8) is 0 Å². The first-order valence-corrected chi connectivity index (χ1v) is 8.64. The van der Waals surface area contributed by atoms with E-state index in [2.05, 4.69) is 41.6 Å². The predicted octanol–water partition coefficient (Wildman–Crippen LogP) is 2.50. The molecule has 1 aromatic rings. The van der Waals surface area contributed by atoms with E-state index < -0.39 is 0 Å². The lowest BCUT2D eigenvalue weighted by Gasteiger charge is -2.24. The fourth-order valence-corrected chi connectivity index (χ4v) is 3.21. The summed E-state index contributed by atoms with van der Waals surface area (Å²) in [6.07, 6.45) is 2.52. The monoisotopic (exact) mass is 310 g/mol. The van der Waals surface area contributed by atoms with Crippen LogP contribution in [0.2, 0.25) is 0 Å². The van der Waals surface area contributed by atoms with Gasteiger partial charge < -0.3 is 10.1 Å². The Hall–Kier alpha value is -0.910. The van der Waals surface area contributed by atoms with E-state index in [1.807, 2.05) is 0 Å². The molecule has 1 aromatic heterocycles. The van der Waals surface area contributed by atoms with Crippen molar-refractivity contribution >= 4 is 17.2 Å². The molecule has 1 N–H and O–H groups in total. The molecule has 2 heterocycles. The van der Waals surface area contributed by atoms with Crippen LogP contribution in [0.3, 0.4) is 0 Å². The van der Waals surface area contributed by atoms with Gasteiger partial charge in [-0.1, -0.05) is 19.9 Å². The van der Waals surface area contributed by atoms with Crippen LogP contribution in [-0.2, 0) is 16.1 Å². The fourth-order valence-electron chi connectivity index (χ4n) is 2.46. The lowest BCUT2D eigenvalue weighted by atomic mass is 10.2. The molecule has 2 rings (SSSR count). The molecule has 118 valence electrons. The van der Waals surface area contributed by atoms with Gasteiger partial charge in [-0.05, 0) is 30.2 Å². The Labute approximate surface area is 131 Å². The Morgan fingerprint density at radius 1 is 1.57 bits per heavy atom. The topological polar surface area (TPSA) is 41.6 Å². The number of thiophene rings is 1. The van der Waals surface area contributed by atoms with Gasteiger partial charge in [-0.3, -0.25) is 9.69 Å². The van der Waals surface area contributed by atoms with Gasteiger partial charge >= 0.3 is 0 Å². The van der Waals surface area contributed by atoms with Gasteiger partial charge in [-0.15, -0.1) is 11.3 Å². The van der Waals surface area contributed by atoms with E-state index >= 15 is 0 Å². The number of carbonyl (C=O) groups excluding carboxylic acids is 1. The average Bonchev–Trinajstić information content (AvgIpc) is 3.10. The lowest BCUT2D eigenvalue weighted by Crippen LogP contribution is -2.41. The summed E-state index contributed by atoms with van der Waals surface area (Å²) < 4.78 is 5.71. The Bertz CT molecular complexity index is 414. The van der Waals surface area contributed by atoms with Crippen LogP contribution in [0.25, 0.3) is 0 Å². The molecule has 5 heteroatoms. The molecular formula is C16H26N2O2S.